The maximum Gasteiger partial charge on any atom is 0.136 e. The molecule has 0 aliphatic heterocycles. The Morgan fingerprint density at radius 1 is 1.25 bits per heavy atom. The summed E-state index contributed by atoms with van der Waals surface area (Å²) in [5.41, 5.74) is 4.97. The zero-order chi connectivity index (χ0) is 14.1. The zero-order valence-corrected chi connectivity index (χ0v) is 12.4. The summed E-state index contributed by atoms with van der Waals surface area (Å²) < 4.78 is 0. The van der Waals surface area contributed by atoms with Crippen molar-refractivity contribution >= 4 is 0 Å². The molecule has 20 heavy (non-hydrogen) atoms. The SMILES string of the molecule is Cc1cc(CNC(C)C)nc(C2Cc3ccccc32)n1. The van der Waals surface area contributed by atoms with Crippen LogP contribution in [0.2, 0.25) is 0 Å². The van der Waals surface area contributed by atoms with Gasteiger partial charge in [0.25, 0.3) is 0 Å². The Kier molecular flexibility index (Phi) is 3.53. The van der Waals surface area contributed by atoms with Crippen LogP contribution in [0, 0.1) is 6.92 Å². The molecule has 0 saturated carbocycles. The molecule has 1 heterocycles. The van der Waals surface area contributed by atoms with E-state index in [1.807, 2.05) is 0 Å². The number of fused-ring (bicyclic) bond motifs is 1. The summed E-state index contributed by atoms with van der Waals surface area (Å²) in [6.07, 6.45) is 1.07. The van der Waals surface area contributed by atoms with E-state index in [0.29, 0.717) is 12.0 Å². The van der Waals surface area contributed by atoms with Crippen LogP contribution in [-0.2, 0) is 13.0 Å². The van der Waals surface area contributed by atoms with Crippen LogP contribution in [0.1, 0.15) is 48.1 Å². The first-order valence-electron chi connectivity index (χ1n) is 7.29. The second-order valence-electron chi connectivity index (χ2n) is 5.85. The maximum atomic E-state index is 4.75. The number of rotatable bonds is 4. The number of nitrogens with one attached hydrogen (secondary N) is 1. The van der Waals surface area contributed by atoms with E-state index in [-0.39, 0.29) is 0 Å². The lowest BCUT2D eigenvalue weighted by atomic mass is 9.77. The van der Waals surface area contributed by atoms with E-state index >= 15 is 0 Å². The van der Waals surface area contributed by atoms with E-state index in [0.717, 1.165) is 30.2 Å². The van der Waals surface area contributed by atoms with Crippen LogP contribution in [0.25, 0.3) is 0 Å². The smallest absolute Gasteiger partial charge is 0.136 e. The largest absolute Gasteiger partial charge is 0.309 e. The highest BCUT2D eigenvalue weighted by Crippen LogP contribution is 2.38. The van der Waals surface area contributed by atoms with Crippen LogP contribution >= 0.6 is 0 Å². The molecule has 3 rings (SSSR count). The molecule has 0 amide bonds. The predicted molar refractivity (Wildman–Crippen MR) is 80.7 cm³/mol. The van der Waals surface area contributed by atoms with Gasteiger partial charge < -0.3 is 5.32 Å². The summed E-state index contributed by atoms with van der Waals surface area (Å²) in [7, 11) is 0. The molecule has 0 fully saturated rings. The van der Waals surface area contributed by atoms with Crippen LogP contribution in [0.3, 0.4) is 0 Å². The minimum Gasteiger partial charge on any atom is -0.309 e. The Labute approximate surface area is 120 Å². The number of benzene rings is 1. The van der Waals surface area contributed by atoms with Gasteiger partial charge >= 0.3 is 0 Å². The van der Waals surface area contributed by atoms with Crippen molar-refractivity contribution in [2.24, 2.45) is 0 Å². The molecule has 1 aliphatic carbocycles. The monoisotopic (exact) mass is 267 g/mol. The summed E-state index contributed by atoms with van der Waals surface area (Å²) in [5, 5.41) is 3.42. The quantitative estimate of drug-likeness (QED) is 0.925. The van der Waals surface area contributed by atoms with E-state index in [9.17, 15) is 0 Å². The molecule has 0 saturated heterocycles. The fourth-order valence-corrected chi connectivity index (χ4v) is 2.70. The number of hydrogen-bond acceptors (Lipinski definition) is 3. The van der Waals surface area contributed by atoms with Gasteiger partial charge in [0.05, 0.1) is 5.69 Å². The molecule has 1 N–H and O–H groups in total. The minimum atomic E-state index is 0.379. The van der Waals surface area contributed by atoms with Crippen molar-refractivity contribution in [3.05, 3.63) is 58.7 Å². The molecule has 2 aromatic rings. The van der Waals surface area contributed by atoms with Gasteiger partial charge in [0, 0.05) is 24.2 Å². The molecule has 104 valence electrons. The molecule has 0 radical (unpaired) electrons. The van der Waals surface area contributed by atoms with Crippen molar-refractivity contribution in [2.75, 3.05) is 0 Å². The average molecular weight is 267 g/mol. The van der Waals surface area contributed by atoms with Crippen LogP contribution < -0.4 is 5.32 Å². The van der Waals surface area contributed by atoms with Gasteiger partial charge in [-0.1, -0.05) is 38.1 Å². The fraction of sp³-hybridized carbons (Fsp3) is 0.412. The molecule has 1 aromatic carbocycles. The van der Waals surface area contributed by atoms with E-state index < -0.39 is 0 Å². The Balaban J connectivity index is 1.84. The summed E-state index contributed by atoms with van der Waals surface area (Å²) >= 11 is 0. The van der Waals surface area contributed by atoms with Gasteiger partial charge in [-0.15, -0.1) is 0 Å². The summed E-state index contributed by atoms with van der Waals surface area (Å²) in [6.45, 7) is 7.16. The zero-order valence-electron chi connectivity index (χ0n) is 12.4. The van der Waals surface area contributed by atoms with Crippen LogP contribution in [0.4, 0.5) is 0 Å². The lowest BCUT2D eigenvalue weighted by Gasteiger charge is -2.29. The minimum absolute atomic E-state index is 0.379. The molecule has 3 heteroatoms. The van der Waals surface area contributed by atoms with Gasteiger partial charge in [-0.25, -0.2) is 9.97 Å². The number of nitrogens with zero attached hydrogens (tertiary/aromatic N) is 2. The molecular formula is C17H21N3. The normalized spacial score (nSPS) is 16.9. The fourth-order valence-electron chi connectivity index (χ4n) is 2.70. The molecule has 3 nitrogen and oxygen atoms in total. The third kappa shape index (κ3) is 2.59. The Hall–Kier alpha value is -1.74. The third-order valence-corrected chi connectivity index (χ3v) is 3.78. The first-order valence-corrected chi connectivity index (χ1v) is 7.29. The number of aromatic nitrogens is 2. The molecule has 1 unspecified atom stereocenters. The summed E-state index contributed by atoms with van der Waals surface area (Å²) in [6, 6.07) is 11.1. The van der Waals surface area contributed by atoms with Crippen LogP contribution in [0.5, 0.6) is 0 Å². The topological polar surface area (TPSA) is 37.8 Å². The van der Waals surface area contributed by atoms with Crippen molar-refractivity contribution < 1.29 is 0 Å². The first kappa shape index (κ1) is 13.3. The standard InChI is InChI=1S/C17H21N3/c1-11(2)18-10-14-8-12(3)19-17(20-14)16-9-13-6-4-5-7-15(13)16/h4-8,11,16,18H,9-10H2,1-3H3. The van der Waals surface area contributed by atoms with E-state index in [1.54, 1.807) is 0 Å². The van der Waals surface area contributed by atoms with Gasteiger partial charge in [0.1, 0.15) is 5.82 Å². The highest BCUT2D eigenvalue weighted by molar-refractivity contribution is 5.44. The van der Waals surface area contributed by atoms with E-state index in [4.69, 9.17) is 4.98 Å². The highest BCUT2D eigenvalue weighted by atomic mass is 15.0. The lowest BCUT2D eigenvalue weighted by molar-refractivity contribution is 0.572. The third-order valence-electron chi connectivity index (χ3n) is 3.78. The molecule has 1 aromatic heterocycles. The number of hydrogen-bond donors (Lipinski definition) is 1. The van der Waals surface area contributed by atoms with Crippen molar-refractivity contribution in [2.45, 2.75) is 45.7 Å². The molecule has 0 bridgehead atoms. The highest BCUT2D eigenvalue weighted by Gasteiger charge is 2.29. The second kappa shape index (κ2) is 5.33. The lowest BCUT2D eigenvalue weighted by Crippen LogP contribution is -2.25. The van der Waals surface area contributed by atoms with Crippen LogP contribution in [0.15, 0.2) is 30.3 Å². The number of aryl methyl sites for hydroxylation is 1. The van der Waals surface area contributed by atoms with Crippen molar-refractivity contribution in [3.63, 3.8) is 0 Å². The second-order valence-corrected chi connectivity index (χ2v) is 5.85. The van der Waals surface area contributed by atoms with Gasteiger partial charge in [-0.05, 0) is 30.5 Å². The molecule has 1 atom stereocenters. The molecular weight excluding hydrogens is 246 g/mol. The van der Waals surface area contributed by atoms with Crippen molar-refractivity contribution in [1.82, 2.24) is 15.3 Å². The average Bonchev–Trinajstić information content (AvgIpc) is 2.37. The summed E-state index contributed by atoms with van der Waals surface area (Å²) in [4.78, 5) is 9.40. The Morgan fingerprint density at radius 3 is 2.80 bits per heavy atom. The Morgan fingerprint density at radius 2 is 2.05 bits per heavy atom. The predicted octanol–water partition coefficient (Wildman–Crippen LogP) is 2.97. The Bertz CT molecular complexity index is 619. The van der Waals surface area contributed by atoms with Gasteiger partial charge in [0.15, 0.2) is 0 Å². The molecule has 0 spiro atoms. The van der Waals surface area contributed by atoms with E-state index in [1.165, 1.54) is 11.1 Å². The van der Waals surface area contributed by atoms with E-state index in [2.05, 4.69) is 61.4 Å². The maximum absolute atomic E-state index is 4.75. The summed E-state index contributed by atoms with van der Waals surface area (Å²) in [5.74, 6) is 1.35. The van der Waals surface area contributed by atoms with Gasteiger partial charge in [-0.2, -0.15) is 0 Å². The van der Waals surface area contributed by atoms with Gasteiger partial charge in [0.2, 0.25) is 0 Å². The van der Waals surface area contributed by atoms with Gasteiger partial charge in [-0.3, -0.25) is 0 Å². The van der Waals surface area contributed by atoms with Crippen LogP contribution in [-0.4, -0.2) is 16.0 Å². The molecule has 1 aliphatic rings. The van der Waals surface area contributed by atoms with Crippen molar-refractivity contribution in [3.8, 4) is 0 Å². The van der Waals surface area contributed by atoms with Crippen molar-refractivity contribution in [1.29, 1.82) is 0 Å². The first-order chi connectivity index (χ1) is 9.63.